The fraction of sp³-hybridized carbons (Fsp3) is 0.600. The molecule has 0 spiro atoms. The Hall–Kier alpha value is -1.76. The van der Waals surface area contributed by atoms with Crippen molar-refractivity contribution in [2.75, 3.05) is 0 Å². The lowest BCUT2D eigenvalue weighted by Gasteiger charge is -2.10. The molecule has 0 amide bonds. The van der Waals surface area contributed by atoms with Crippen molar-refractivity contribution in [3.8, 4) is 0 Å². The molecule has 17 heavy (non-hydrogen) atoms. The van der Waals surface area contributed by atoms with Crippen molar-refractivity contribution < 1.29 is 5.11 Å². The molecule has 0 saturated carbocycles. The zero-order chi connectivity index (χ0) is 12.3. The molecular formula is C10H16N6O. The summed E-state index contributed by atoms with van der Waals surface area (Å²) < 4.78 is 1.81. The highest BCUT2D eigenvalue weighted by Gasteiger charge is 2.15. The van der Waals surface area contributed by atoms with Crippen molar-refractivity contribution in [2.24, 2.45) is 5.92 Å². The molecule has 2 N–H and O–H groups in total. The summed E-state index contributed by atoms with van der Waals surface area (Å²) in [4.78, 5) is 8.06. The van der Waals surface area contributed by atoms with E-state index >= 15 is 0 Å². The molecule has 2 heterocycles. The fourth-order valence-electron chi connectivity index (χ4n) is 1.59. The normalized spacial score (nSPS) is 13.2. The summed E-state index contributed by atoms with van der Waals surface area (Å²) in [7, 11) is 0. The van der Waals surface area contributed by atoms with Crippen LogP contribution in [-0.4, -0.2) is 35.1 Å². The highest BCUT2D eigenvalue weighted by molar-refractivity contribution is 4.95. The van der Waals surface area contributed by atoms with Gasteiger partial charge in [0.15, 0.2) is 5.82 Å². The smallest absolute Gasteiger partial charge is 0.153 e. The Kier molecular flexibility index (Phi) is 3.48. The number of nitrogens with one attached hydrogen (secondary N) is 1. The van der Waals surface area contributed by atoms with E-state index < -0.39 is 6.10 Å². The number of aliphatic hydroxyl groups is 1. The Morgan fingerprint density at radius 3 is 2.82 bits per heavy atom. The van der Waals surface area contributed by atoms with Gasteiger partial charge in [-0.2, -0.15) is 10.2 Å². The van der Waals surface area contributed by atoms with Crippen molar-refractivity contribution in [3.63, 3.8) is 0 Å². The van der Waals surface area contributed by atoms with Gasteiger partial charge in [0.1, 0.15) is 24.6 Å². The number of nitrogens with zero attached hydrogens (tertiary/aromatic N) is 5. The van der Waals surface area contributed by atoms with Gasteiger partial charge in [-0.05, 0) is 5.92 Å². The number of rotatable bonds is 5. The maximum absolute atomic E-state index is 9.92. The van der Waals surface area contributed by atoms with Gasteiger partial charge < -0.3 is 5.11 Å². The van der Waals surface area contributed by atoms with Crippen molar-refractivity contribution in [3.05, 3.63) is 24.3 Å². The summed E-state index contributed by atoms with van der Waals surface area (Å²) in [5.41, 5.74) is 0. The second-order valence-corrected chi connectivity index (χ2v) is 4.34. The summed E-state index contributed by atoms with van der Waals surface area (Å²) >= 11 is 0. The number of aromatic nitrogens is 6. The lowest BCUT2D eigenvalue weighted by atomic mass is 10.2. The Morgan fingerprint density at radius 1 is 1.35 bits per heavy atom. The molecule has 0 fully saturated rings. The van der Waals surface area contributed by atoms with Crippen LogP contribution in [0.25, 0.3) is 0 Å². The minimum absolute atomic E-state index is 0.377. The molecular weight excluding hydrogens is 220 g/mol. The van der Waals surface area contributed by atoms with E-state index in [0.717, 1.165) is 12.4 Å². The third-order valence-electron chi connectivity index (χ3n) is 2.36. The maximum atomic E-state index is 9.92. The van der Waals surface area contributed by atoms with E-state index in [1.807, 2.05) is 4.68 Å². The first-order valence-electron chi connectivity index (χ1n) is 5.57. The molecule has 0 saturated heterocycles. The molecule has 0 aliphatic carbocycles. The van der Waals surface area contributed by atoms with Gasteiger partial charge in [-0.25, -0.2) is 14.6 Å². The monoisotopic (exact) mass is 236 g/mol. The van der Waals surface area contributed by atoms with Crippen LogP contribution in [0.5, 0.6) is 0 Å². The predicted molar refractivity (Wildman–Crippen MR) is 59.9 cm³/mol. The first kappa shape index (κ1) is 11.7. The van der Waals surface area contributed by atoms with Gasteiger partial charge in [-0.15, -0.1) is 0 Å². The first-order valence-corrected chi connectivity index (χ1v) is 5.57. The summed E-state index contributed by atoms with van der Waals surface area (Å²) in [6.07, 6.45) is 2.53. The molecule has 7 heteroatoms. The number of hydrogen-bond donors (Lipinski definition) is 2. The topological polar surface area (TPSA) is 92.5 Å². The Labute approximate surface area is 98.9 Å². The highest BCUT2D eigenvalue weighted by atomic mass is 16.3. The maximum Gasteiger partial charge on any atom is 0.153 e. The quantitative estimate of drug-likeness (QED) is 0.780. The standard InChI is InChI=1S/C10H16N6O/c1-7(2)4-16-9(11-6-14-16)3-8(17)10-12-5-13-15-10/h5-8,17H,3-4H2,1-2H3,(H,12,13,15). The lowest BCUT2D eigenvalue weighted by molar-refractivity contribution is 0.164. The number of aliphatic hydroxyl groups excluding tert-OH is 1. The van der Waals surface area contributed by atoms with E-state index in [0.29, 0.717) is 18.2 Å². The molecule has 1 unspecified atom stereocenters. The van der Waals surface area contributed by atoms with Crippen molar-refractivity contribution >= 4 is 0 Å². The average Bonchev–Trinajstić information content (AvgIpc) is 2.89. The van der Waals surface area contributed by atoms with Gasteiger partial charge in [-0.3, -0.25) is 5.10 Å². The van der Waals surface area contributed by atoms with E-state index in [-0.39, 0.29) is 0 Å². The van der Waals surface area contributed by atoms with Crippen LogP contribution in [0.15, 0.2) is 12.7 Å². The van der Waals surface area contributed by atoms with Gasteiger partial charge in [-0.1, -0.05) is 13.8 Å². The van der Waals surface area contributed by atoms with Crippen LogP contribution in [0.2, 0.25) is 0 Å². The first-order chi connectivity index (χ1) is 8.16. The molecule has 0 aromatic carbocycles. The van der Waals surface area contributed by atoms with Crippen LogP contribution in [0.1, 0.15) is 31.6 Å². The van der Waals surface area contributed by atoms with Gasteiger partial charge in [0.2, 0.25) is 0 Å². The lowest BCUT2D eigenvalue weighted by Crippen LogP contribution is -2.14. The molecule has 0 aliphatic rings. The SMILES string of the molecule is CC(C)Cn1ncnc1CC(O)c1ncn[nH]1. The van der Waals surface area contributed by atoms with E-state index in [4.69, 9.17) is 0 Å². The zero-order valence-electron chi connectivity index (χ0n) is 9.91. The van der Waals surface area contributed by atoms with Crippen LogP contribution in [0.3, 0.4) is 0 Å². The summed E-state index contributed by atoms with van der Waals surface area (Å²) in [5, 5.41) is 20.4. The average molecular weight is 236 g/mol. The fourth-order valence-corrected chi connectivity index (χ4v) is 1.59. The summed E-state index contributed by atoms with van der Waals surface area (Å²) in [6, 6.07) is 0. The Morgan fingerprint density at radius 2 is 2.18 bits per heavy atom. The molecule has 92 valence electrons. The van der Waals surface area contributed by atoms with Crippen molar-refractivity contribution in [2.45, 2.75) is 32.9 Å². The van der Waals surface area contributed by atoms with E-state index in [9.17, 15) is 5.11 Å². The van der Waals surface area contributed by atoms with Gasteiger partial charge in [0, 0.05) is 13.0 Å². The van der Waals surface area contributed by atoms with Crippen LogP contribution in [-0.2, 0) is 13.0 Å². The Balaban J connectivity index is 2.06. The van der Waals surface area contributed by atoms with Gasteiger partial charge >= 0.3 is 0 Å². The van der Waals surface area contributed by atoms with Crippen LogP contribution in [0.4, 0.5) is 0 Å². The minimum Gasteiger partial charge on any atom is -0.385 e. The molecule has 2 aromatic heterocycles. The van der Waals surface area contributed by atoms with Crippen LogP contribution in [0, 0.1) is 5.92 Å². The largest absolute Gasteiger partial charge is 0.385 e. The second-order valence-electron chi connectivity index (χ2n) is 4.34. The van der Waals surface area contributed by atoms with Crippen molar-refractivity contribution in [1.29, 1.82) is 0 Å². The zero-order valence-corrected chi connectivity index (χ0v) is 9.91. The Bertz CT molecular complexity index is 449. The van der Waals surface area contributed by atoms with Crippen molar-refractivity contribution in [1.82, 2.24) is 29.9 Å². The van der Waals surface area contributed by atoms with Crippen LogP contribution >= 0.6 is 0 Å². The van der Waals surface area contributed by atoms with E-state index in [1.54, 1.807) is 0 Å². The molecule has 0 bridgehead atoms. The summed E-state index contributed by atoms with van der Waals surface area (Å²) in [5.74, 6) is 1.68. The third kappa shape index (κ3) is 2.88. The molecule has 2 aromatic rings. The summed E-state index contributed by atoms with van der Waals surface area (Å²) in [6.45, 7) is 5.01. The molecule has 1 atom stereocenters. The minimum atomic E-state index is -0.729. The van der Waals surface area contributed by atoms with Gasteiger partial charge in [0.25, 0.3) is 0 Å². The van der Waals surface area contributed by atoms with Gasteiger partial charge in [0.05, 0.1) is 0 Å². The molecule has 0 aliphatic heterocycles. The second kappa shape index (κ2) is 5.05. The number of H-pyrrole nitrogens is 1. The molecule has 0 radical (unpaired) electrons. The number of hydrogen-bond acceptors (Lipinski definition) is 5. The molecule has 7 nitrogen and oxygen atoms in total. The van der Waals surface area contributed by atoms with E-state index in [2.05, 4.69) is 39.1 Å². The van der Waals surface area contributed by atoms with E-state index in [1.165, 1.54) is 12.7 Å². The molecule has 2 rings (SSSR count). The number of aromatic amines is 1. The third-order valence-corrected chi connectivity index (χ3v) is 2.36. The van der Waals surface area contributed by atoms with Crippen LogP contribution < -0.4 is 0 Å². The predicted octanol–water partition coefficient (Wildman–Crippen LogP) is 0.328. The highest BCUT2D eigenvalue weighted by Crippen LogP contribution is 2.12.